The predicted molar refractivity (Wildman–Crippen MR) is 117 cm³/mol. The summed E-state index contributed by atoms with van der Waals surface area (Å²) in [5, 5.41) is 3.15. The Morgan fingerprint density at radius 3 is 2.12 bits per heavy atom. The SMILES string of the molecule is C=C1NC(c2ccc(F)cc2)(c2ccc(F)cc2)C(=O)N1Cc1cc(C)nc(C(=O)OC)c1. The van der Waals surface area contributed by atoms with Crippen LogP contribution in [0.2, 0.25) is 0 Å². The van der Waals surface area contributed by atoms with Gasteiger partial charge in [-0.05, 0) is 60.0 Å². The van der Waals surface area contributed by atoms with Crippen LogP contribution in [0.4, 0.5) is 8.78 Å². The molecule has 0 atom stereocenters. The molecule has 0 spiro atoms. The quantitative estimate of drug-likeness (QED) is 0.600. The maximum Gasteiger partial charge on any atom is 0.356 e. The van der Waals surface area contributed by atoms with Crippen LogP contribution in [-0.4, -0.2) is 28.9 Å². The van der Waals surface area contributed by atoms with Gasteiger partial charge < -0.3 is 10.1 Å². The highest BCUT2D eigenvalue weighted by Crippen LogP contribution is 2.39. The van der Waals surface area contributed by atoms with Crippen LogP contribution in [0.25, 0.3) is 0 Å². The number of methoxy groups -OCH3 is 1. The molecule has 0 radical (unpaired) electrons. The van der Waals surface area contributed by atoms with E-state index in [1.807, 2.05) is 0 Å². The lowest BCUT2D eigenvalue weighted by Crippen LogP contribution is -2.44. The van der Waals surface area contributed by atoms with Crippen molar-refractivity contribution in [1.29, 1.82) is 0 Å². The number of pyridine rings is 1. The molecule has 168 valence electrons. The Morgan fingerprint density at radius 1 is 1.06 bits per heavy atom. The Kier molecular flexibility index (Phi) is 5.68. The highest BCUT2D eigenvalue weighted by Gasteiger charge is 2.51. The standard InChI is InChI=1S/C25H21F2N3O3/c1-15-12-17(13-22(28-15)23(31)33-3)14-30-16(2)29-25(24(30)32,18-4-8-20(26)9-5-18)19-6-10-21(27)11-7-19/h4-13,29H,2,14H2,1,3H3. The summed E-state index contributed by atoms with van der Waals surface area (Å²) in [4.78, 5) is 31.4. The number of amides is 1. The van der Waals surface area contributed by atoms with Crippen LogP contribution in [0.3, 0.4) is 0 Å². The smallest absolute Gasteiger partial charge is 0.356 e. The van der Waals surface area contributed by atoms with Gasteiger partial charge in [0.15, 0.2) is 5.54 Å². The summed E-state index contributed by atoms with van der Waals surface area (Å²) in [5.41, 5.74) is 0.887. The Hall–Kier alpha value is -4.07. The lowest BCUT2D eigenvalue weighted by molar-refractivity contribution is -0.131. The summed E-state index contributed by atoms with van der Waals surface area (Å²) in [6.07, 6.45) is 0. The van der Waals surface area contributed by atoms with Gasteiger partial charge in [0.25, 0.3) is 5.91 Å². The van der Waals surface area contributed by atoms with Gasteiger partial charge in [-0.1, -0.05) is 30.8 Å². The molecule has 1 amide bonds. The van der Waals surface area contributed by atoms with Gasteiger partial charge in [0, 0.05) is 5.69 Å². The highest BCUT2D eigenvalue weighted by atomic mass is 19.1. The Bertz CT molecular complexity index is 1200. The number of aromatic nitrogens is 1. The molecule has 4 rings (SSSR count). The monoisotopic (exact) mass is 449 g/mol. The topological polar surface area (TPSA) is 71.5 Å². The number of nitrogens with zero attached hydrogens (tertiary/aromatic N) is 2. The van der Waals surface area contributed by atoms with Crippen LogP contribution in [0, 0.1) is 18.6 Å². The van der Waals surface area contributed by atoms with E-state index >= 15 is 0 Å². The van der Waals surface area contributed by atoms with Crippen LogP contribution >= 0.6 is 0 Å². The fourth-order valence-corrected chi connectivity index (χ4v) is 4.01. The van der Waals surface area contributed by atoms with Gasteiger partial charge in [0.1, 0.15) is 23.1 Å². The molecule has 0 saturated carbocycles. The molecule has 3 aromatic rings. The molecule has 1 N–H and O–H groups in total. The molecule has 0 unspecified atom stereocenters. The predicted octanol–water partition coefficient (Wildman–Crippen LogP) is 3.80. The minimum atomic E-state index is -1.42. The van der Waals surface area contributed by atoms with Crippen LogP contribution < -0.4 is 5.32 Å². The van der Waals surface area contributed by atoms with Crippen LogP contribution in [0.15, 0.2) is 73.1 Å². The van der Waals surface area contributed by atoms with E-state index in [2.05, 4.69) is 16.9 Å². The van der Waals surface area contributed by atoms with Gasteiger partial charge in [-0.3, -0.25) is 9.69 Å². The number of carbonyl (C=O) groups is 2. The third-order valence-corrected chi connectivity index (χ3v) is 5.53. The summed E-state index contributed by atoms with van der Waals surface area (Å²) >= 11 is 0. The molecule has 1 aliphatic rings. The van der Waals surface area contributed by atoms with E-state index in [9.17, 15) is 18.4 Å². The maximum absolute atomic E-state index is 13.9. The van der Waals surface area contributed by atoms with Crippen molar-refractivity contribution in [2.45, 2.75) is 19.0 Å². The number of aryl methyl sites for hydroxylation is 1. The molecular weight excluding hydrogens is 428 g/mol. The molecule has 2 aromatic carbocycles. The van der Waals surface area contributed by atoms with Crippen molar-refractivity contribution in [3.8, 4) is 0 Å². The van der Waals surface area contributed by atoms with E-state index in [-0.39, 0.29) is 18.1 Å². The number of esters is 1. The van der Waals surface area contributed by atoms with Crippen molar-refractivity contribution in [3.63, 3.8) is 0 Å². The molecule has 33 heavy (non-hydrogen) atoms. The number of ether oxygens (including phenoxy) is 1. The lowest BCUT2D eigenvalue weighted by Gasteiger charge is -2.28. The molecule has 2 heterocycles. The van der Waals surface area contributed by atoms with Gasteiger partial charge in [-0.25, -0.2) is 18.6 Å². The fourth-order valence-electron chi connectivity index (χ4n) is 4.01. The first-order chi connectivity index (χ1) is 15.7. The molecule has 1 aliphatic heterocycles. The second-order valence-corrected chi connectivity index (χ2v) is 7.72. The summed E-state index contributed by atoms with van der Waals surface area (Å²) in [6, 6.07) is 14.4. The molecule has 1 saturated heterocycles. The summed E-state index contributed by atoms with van der Waals surface area (Å²) in [5.74, 6) is -1.55. The van der Waals surface area contributed by atoms with Crippen LogP contribution in [-0.2, 0) is 21.6 Å². The Morgan fingerprint density at radius 2 is 1.61 bits per heavy atom. The van der Waals surface area contributed by atoms with Crippen molar-refractivity contribution >= 4 is 11.9 Å². The normalized spacial score (nSPS) is 14.8. The average Bonchev–Trinajstić information content (AvgIpc) is 3.04. The van der Waals surface area contributed by atoms with E-state index in [0.717, 1.165) is 0 Å². The van der Waals surface area contributed by atoms with Gasteiger partial charge in [-0.2, -0.15) is 0 Å². The van der Waals surface area contributed by atoms with Gasteiger partial charge in [0.05, 0.1) is 13.7 Å². The summed E-state index contributed by atoms with van der Waals surface area (Å²) in [6.45, 7) is 5.83. The van der Waals surface area contributed by atoms with E-state index in [0.29, 0.717) is 28.2 Å². The first-order valence-corrected chi connectivity index (χ1v) is 10.1. The zero-order valence-corrected chi connectivity index (χ0v) is 18.1. The van der Waals surface area contributed by atoms with E-state index in [1.165, 1.54) is 60.5 Å². The van der Waals surface area contributed by atoms with Gasteiger partial charge >= 0.3 is 5.97 Å². The van der Waals surface area contributed by atoms with Crippen molar-refractivity contribution in [1.82, 2.24) is 15.2 Å². The molecule has 0 aliphatic carbocycles. The van der Waals surface area contributed by atoms with Crippen molar-refractivity contribution < 1.29 is 23.1 Å². The van der Waals surface area contributed by atoms with E-state index in [4.69, 9.17) is 4.74 Å². The molecule has 1 aromatic heterocycles. The zero-order valence-electron chi connectivity index (χ0n) is 18.1. The van der Waals surface area contributed by atoms with Gasteiger partial charge in [0.2, 0.25) is 0 Å². The van der Waals surface area contributed by atoms with Crippen LogP contribution in [0.5, 0.6) is 0 Å². The minimum absolute atomic E-state index is 0.0994. The summed E-state index contributed by atoms with van der Waals surface area (Å²) in [7, 11) is 1.27. The Labute approximate surface area is 189 Å². The van der Waals surface area contributed by atoms with E-state index in [1.54, 1.807) is 19.1 Å². The Balaban J connectivity index is 1.78. The minimum Gasteiger partial charge on any atom is -0.464 e. The van der Waals surface area contributed by atoms with Crippen molar-refractivity contribution in [3.05, 3.63) is 113 Å². The maximum atomic E-state index is 13.9. The summed E-state index contributed by atoms with van der Waals surface area (Å²) < 4.78 is 32.0. The zero-order chi connectivity index (χ0) is 23.8. The molecular formula is C25H21F2N3O3. The fraction of sp³-hybridized carbons (Fsp3) is 0.160. The third kappa shape index (κ3) is 3.95. The third-order valence-electron chi connectivity index (χ3n) is 5.53. The number of carbonyl (C=O) groups excluding carboxylic acids is 2. The molecule has 1 fully saturated rings. The number of hydrogen-bond acceptors (Lipinski definition) is 5. The second kappa shape index (κ2) is 8.46. The largest absolute Gasteiger partial charge is 0.464 e. The average molecular weight is 449 g/mol. The van der Waals surface area contributed by atoms with Crippen LogP contribution in [0.1, 0.15) is 32.9 Å². The number of halogens is 2. The lowest BCUT2D eigenvalue weighted by atomic mass is 9.82. The number of benzene rings is 2. The highest BCUT2D eigenvalue weighted by molar-refractivity contribution is 5.95. The molecule has 0 bridgehead atoms. The van der Waals surface area contributed by atoms with Crippen molar-refractivity contribution in [2.24, 2.45) is 0 Å². The second-order valence-electron chi connectivity index (χ2n) is 7.72. The van der Waals surface area contributed by atoms with Gasteiger partial charge in [-0.15, -0.1) is 0 Å². The van der Waals surface area contributed by atoms with Crippen molar-refractivity contribution in [2.75, 3.05) is 7.11 Å². The van der Waals surface area contributed by atoms with E-state index < -0.39 is 23.1 Å². The first-order valence-electron chi connectivity index (χ1n) is 10.1. The molecule has 8 heteroatoms. The number of nitrogens with one attached hydrogen (secondary N) is 1. The number of rotatable bonds is 5. The first kappa shape index (κ1) is 22.1. The molecule has 6 nitrogen and oxygen atoms in total. The number of hydrogen-bond donors (Lipinski definition) is 1.